The van der Waals surface area contributed by atoms with Crippen LogP contribution in [-0.2, 0) is 0 Å². The summed E-state index contributed by atoms with van der Waals surface area (Å²) >= 11 is 5.95. The lowest BCUT2D eigenvalue weighted by Crippen LogP contribution is -2.36. The lowest BCUT2D eigenvalue weighted by atomic mass is 10.1. The summed E-state index contributed by atoms with van der Waals surface area (Å²) in [7, 11) is 0. The number of nitrogens with one attached hydrogen (secondary N) is 2. The van der Waals surface area contributed by atoms with Gasteiger partial charge in [-0.2, -0.15) is 0 Å². The molecule has 2 amide bonds. The van der Waals surface area contributed by atoms with Crippen molar-refractivity contribution in [2.24, 2.45) is 16.8 Å². The fourth-order valence-corrected chi connectivity index (χ4v) is 1.48. The number of nitrogens with two attached hydrogens (primary N) is 1. The highest BCUT2D eigenvalue weighted by atomic mass is 35.5. The van der Waals surface area contributed by atoms with Gasteiger partial charge in [-0.15, -0.1) is 0 Å². The predicted octanol–water partition coefficient (Wildman–Crippen LogP) is 2.15. The van der Waals surface area contributed by atoms with Crippen LogP contribution >= 0.6 is 11.6 Å². The molecule has 1 rings (SSSR count). The number of nitrogens with zero attached hydrogens (tertiary/aromatic N) is 1. The summed E-state index contributed by atoms with van der Waals surface area (Å²) in [6, 6.07) is 4.87. The molecule has 5 N–H and O–H groups in total. The van der Waals surface area contributed by atoms with Crippen LogP contribution in [0.3, 0.4) is 0 Å². The first-order chi connectivity index (χ1) is 8.93. The molecule has 0 spiro atoms. The van der Waals surface area contributed by atoms with Crippen LogP contribution in [0.15, 0.2) is 23.4 Å². The summed E-state index contributed by atoms with van der Waals surface area (Å²) in [6.45, 7) is 3.88. The Bertz CT molecular complexity index is 491. The zero-order chi connectivity index (χ0) is 14.4. The molecule has 7 heteroatoms. The van der Waals surface area contributed by atoms with E-state index >= 15 is 0 Å². The average molecular weight is 285 g/mol. The number of amidine groups is 1. The van der Waals surface area contributed by atoms with Crippen molar-refractivity contribution in [2.75, 3.05) is 11.9 Å². The number of benzene rings is 1. The van der Waals surface area contributed by atoms with Crippen molar-refractivity contribution in [3.8, 4) is 0 Å². The van der Waals surface area contributed by atoms with Crippen molar-refractivity contribution in [3.63, 3.8) is 0 Å². The highest BCUT2D eigenvalue weighted by molar-refractivity contribution is 6.31. The van der Waals surface area contributed by atoms with E-state index in [0.717, 1.165) is 5.56 Å². The Balaban J connectivity index is 2.49. The molecule has 0 fully saturated rings. The fraction of sp³-hybridized carbons (Fsp3) is 0.333. The van der Waals surface area contributed by atoms with Crippen molar-refractivity contribution >= 4 is 29.2 Å². The molecule has 0 aromatic heterocycles. The summed E-state index contributed by atoms with van der Waals surface area (Å²) in [6.07, 6.45) is 0. The van der Waals surface area contributed by atoms with Crippen LogP contribution in [0, 0.1) is 12.8 Å². The van der Waals surface area contributed by atoms with Gasteiger partial charge in [-0.3, -0.25) is 0 Å². The molecule has 0 saturated heterocycles. The van der Waals surface area contributed by atoms with Crippen molar-refractivity contribution < 1.29 is 10.0 Å². The van der Waals surface area contributed by atoms with Gasteiger partial charge >= 0.3 is 6.03 Å². The molecule has 1 atom stereocenters. The number of hydrogen-bond donors (Lipinski definition) is 4. The molecule has 0 aliphatic heterocycles. The summed E-state index contributed by atoms with van der Waals surface area (Å²) in [4.78, 5) is 11.6. The van der Waals surface area contributed by atoms with Gasteiger partial charge in [0, 0.05) is 23.2 Å². The molecule has 1 aromatic rings. The van der Waals surface area contributed by atoms with E-state index in [4.69, 9.17) is 22.5 Å². The minimum atomic E-state index is -0.377. The topological polar surface area (TPSA) is 99.7 Å². The largest absolute Gasteiger partial charge is 0.409 e. The van der Waals surface area contributed by atoms with Crippen LogP contribution in [0.2, 0.25) is 5.02 Å². The Morgan fingerprint density at radius 3 is 2.84 bits per heavy atom. The first-order valence-electron chi connectivity index (χ1n) is 5.72. The van der Waals surface area contributed by atoms with E-state index in [9.17, 15) is 4.79 Å². The number of amides is 2. The Morgan fingerprint density at radius 1 is 1.58 bits per heavy atom. The SMILES string of the molecule is Cc1ccc(NC(=O)NCC(C)/C(N)=N/O)cc1Cl. The maximum absolute atomic E-state index is 11.6. The minimum Gasteiger partial charge on any atom is -0.409 e. The number of urea groups is 1. The number of halogens is 1. The molecule has 1 unspecified atom stereocenters. The van der Waals surface area contributed by atoms with Crippen molar-refractivity contribution in [3.05, 3.63) is 28.8 Å². The molecule has 0 heterocycles. The third kappa shape index (κ3) is 4.67. The number of rotatable bonds is 4. The molecular weight excluding hydrogens is 268 g/mol. The Labute approximate surface area is 116 Å². The van der Waals surface area contributed by atoms with Gasteiger partial charge in [0.1, 0.15) is 5.84 Å². The molecule has 0 radical (unpaired) electrons. The standard InChI is InChI=1S/C12H17ClN4O2/c1-7-3-4-9(5-10(7)13)16-12(18)15-6-8(2)11(14)17-19/h3-5,8,19H,6H2,1-2H3,(H2,14,17)(H2,15,16,18). The van der Waals surface area contributed by atoms with Gasteiger partial charge < -0.3 is 21.6 Å². The monoisotopic (exact) mass is 284 g/mol. The molecule has 0 saturated carbocycles. The van der Waals surface area contributed by atoms with Crippen molar-refractivity contribution in [1.29, 1.82) is 0 Å². The second kappa shape index (κ2) is 6.84. The van der Waals surface area contributed by atoms with Gasteiger partial charge in [-0.1, -0.05) is 29.7 Å². The number of oxime groups is 1. The van der Waals surface area contributed by atoms with Crippen LogP contribution < -0.4 is 16.4 Å². The maximum Gasteiger partial charge on any atom is 0.319 e. The molecule has 1 aromatic carbocycles. The number of anilines is 1. The van der Waals surface area contributed by atoms with E-state index in [1.54, 1.807) is 19.1 Å². The normalized spacial score (nSPS) is 12.9. The van der Waals surface area contributed by atoms with Crippen LogP contribution in [0.5, 0.6) is 0 Å². The van der Waals surface area contributed by atoms with Gasteiger partial charge in [-0.25, -0.2) is 4.79 Å². The number of carbonyl (C=O) groups is 1. The van der Waals surface area contributed by atoms with E-state index in [1.807, 2.05) is 13.0 Å². The molecule has 104 valence electrons. The third-order valence-electron chi connectivity index (χ3n) is 2.62. The third-order valence-corrected chi connectivity index (χ3v) is 3.03. The average Bonchev–Trinajstić information content (AvgIpc) is 2.39. The molecule has 0 aliphatic rings. The van der Waals surface area contributed by atoms with E-state index in [0.29, 0.717) is 10.7 Å². The van der Waals surface area contributed by atoms with E-state index in [1.165, 1.54) is 0 Å². The summed E-state index contributed by atoms with van der Waals surface area (Å²) in [5, 5.41) is 17.2. The second-order valence-corrected chi connectivity index (χ2v) is 4.63. The molecular formula is C12H17ClN4O2. The predicted molar refractivity (Wildman–Crippen MR) is 75.8 cm³/mol. The van der Waals surface area contributed by atoms with Crippen LogP contribution in [-0.4, -0.2) is 23.6 Å². The Kier molecular flexibility index (Phi) is 5.44. The highest BCUT2D eigenvalue weighted by Crippen LogP contribution is 2.19. The lowest BCUT2D eigenvalue weighted by Gasteiger charge is -2.12. The second-order valence-electron chi connectivity index (χ2n) is 4.22. The first-order valence-corrected chi connectivity index (χ1v) is 6.10. The highest BCUT2D eigenvalue weighted by Gasteiger charge is 2.09. The van der Waals surface area contributed by atoms with Gasteiger partial charge in [0.05, 0.1) is 0 Å². The number of aryl methyl sites for hydroxylation is 1. The van der Waals surface area contributed by atoms with Gasteiger partial charge in [0.15, 0.2) is 0 Å². The van der Waals surface area contributed by atoms with Gasteiger partial charge in [0.2, 0.25) is 0 Å². The molecule has 0 bridgehead atoms. The summed E-state index contributed by atoms with van der Waals surface area (Å²) < 4.78 is 0. The minimum absolute atomic E-state index is 0.0682. The summed E-state index contributed by atoms with van der Waals surface area (Å²) in [5.41, 5.74) is 6.94. The number of carbonyl (C=O) groups excluding carboxylic acids is 1. The Morgan fingerprint density at radius 2 is 2.26 bits per heavy atom. The summed E-state index contributed by atoms with van der Waals surface area (Å²) in [5.74, 6) is -0.184. The maximum atomic E-state index is 11.6. The molecule has 19 heavy (non-hydrogen) atoms. The fourth-order valence-electron chi connectivity index (χ4n) is 1.29. The smallest absolute Gasteiger partial charge is 0.319 e. The number of hydrogen-bond acceptors (Lipinski definition) is 3. The Hall–Kier alpha value is -1.95. The van der Waals surface area contributed by atoms with E-state index in [-0.39, 0.29) is 24.3 Å². The van der Waals surface area contributed by atoms with Crippen LogP contribution in [0.4, 0.5) is 10.5 Å². The molecule has 0 aliphatic carbocycles. The van der Waals surface area contributed by atoms with Gasteiger partial charge in [0.25, 0.3) is 0 Å². The zero-order valence-corrected chi connectivity index (χ0v) is 11.5. The molecule has 6 nitrogen and oxygen atoms in total. The zero-order valence-electron chi connectivity index (χ0n) is 10.8. The van der Waals surface area contributed by atoms with Crippen molar-refractivity contribution in [2.45, 2.75) is 13.8 Å². The van der Waals surface area contributed by atoms with Gasteiger partial charge in [-0.05, 0) is 24.6 Å². The lowest BCUT2D eigenvalue weighted by molar-refractivity contribution is 0.251. The van der Waals surface area contributed by atoms with E-state index in [2.05, 4.69) is 15.8 Å². The first kappa shape index (κ1) is 15.1. The van der Waals surface area contributed by atoms with E-state index < -0.39 is 0 Å². The van der Waals surface area contributed by atoms with Crippen LogP contribution in [0.25, 0.3) is 0 Å². The quantitative estimate of drug-likeness (QED) is 0.295. The van der Waals surface area contributed by atoms with Crippen molar-refractivity contribution in [1.82, 2.24) is 5.32 Å². The van der Waals surface area contributed by atoms with Crippen LogP contribution in [0.1, 0.15) is 12.5 Å².